The topological polar surface area (TPSA) is 40.6 Å². The number of hydrogen-bond donors (Lipinski definition) is 0. The van der Waals surface area contributed by atoms with E-state index in [1.807, 2.05) is 48.3 Å². The van der Waals surface area contributed by atoms with Gasteiger partial charge < -0.3 is 9.80 Å². The van der Waals surface area contributed by atoms with E-state index in [1.54, 1.807) is 4.90 Å². The average molecular weight is 336 g/mol. The molecule has 0 N–H and O–H groups in total. The van der Waals surface area contributed by atoms with E-state index in [-0.39, 0.29) is 11.8 Å². The second kappa shape index (κ2) is 7.51. The predicted octanol–water partition coefficient (Wildman–Crippen LogP) is 3.32. The highest BCUT2D eigenvalue weighted by molar-refractivity contribution is 5.95. The summed E-state index contributed by atoms with van der Waals surface area (Å²) in [4.78, 5) is 27.9. The highest BCUT2D eigenvalue weighted by atomic mass is 16.2. The van der Waals surface area contributed by atoms with Gasteiger partial charge in [-0.3, -0.25) is 9.59 Å². The van der Waals surface area contributed by atoms with Crippen LogP contribution in [0.15, 0.2) is 48.5 Å². The minimum atomic E-state index is 0.0910. The molecular weight excluding hydrogens is 312 g/mol. The van der Waals surface area contributed by atoms with Crippen molar-refractivity contribution in [3.8, 4) is 0 Å². The highest BCUT2D eigenvalue weighted by Gasteiger charge is 2.21. The molecule has 1 aliphatic rings. The molecule has 0 spiro atoms. The molecule has 2 amide bonds. The van der Waals surface area contributed by atoms with Gasteiger partial charge in [0.25, 0.3) is 0 Å². The quantitative estimate of drug-likeness (QED) is 0.840. The number of aryl methyl sites for hydroxylation is 1. The maximum Gasteiger partial charge on any atom is 0.227 e. The van der Waals surface area contributed by atoms with Gasteiger partial charge in [0.05, 0.1) is 6.42 Å². The number of rotatable bonds is 5. The van der Waals surface area contributed by atoms with Crippen LogP contribution in [0.4, 0.5) is 5.69 Å². The number of nitrogens with zero attached hydrogens (tertiary/aromatic N) is 2. The fraction of sp³-hybridized carbons (Fsp3) is 0.333. The van der Waals surface area contributed by atoms with Gasteiger partial charge in [-0.1, -0.05) is 36.4 Å². The average Bonchev–Trinajstić information content (AvgIpc) is 3.03. The smallest absolute Gasteiger partial charge is 0.227 e. The summed E-state index contributed by atoms with van der Waals surface area (Å²) in [5, 5.41) is 0. The van der Waals surface area contributed by atoms with Crippen molar-refractivity contribution in [1.82, 2.24) is 4.90 Å². The Morgan fingerprint density at radius 2 is 1.84 bits per heavy atom. The maximum atomic E-state index is 12.5. The van der Waals surface area contributed by atoms with Gasteiger partial charge in [0.1, 0.15) is 0 Å². The number of hydrogen-bond acceptors (Lipinski definition) is 2. The van der Waals surface area contributed by atoms with E-state index in [1.165, 1.54) is 11.1 Å². The Kier molecular flexibility index (Phi) is 5.17. The van der Waals surface area contributed by atoms with Crippen LogP contribution in [0.1, 0.15) is 29.5 Å². The molecule has 4 heteroatoms. The Morgan fingerprint density at radius 1 is 1.12 bits per heavy atom. The third-order valence-corrected chi connectivity index (χ3v) is 4.77. The van der Waals surface area contributed by atoms with E-state index < -0.39 is 0 Å². The summed E-state index contributed by atoms with van der Waals surface area (Å²) in [5.74, 6) is 0.273. The Labute approximate surface area is 149 Å². The van der Waals surface area contributed by atoms with Crippen LogP contribution in [0.5, 0.6) is 0 Å². The van der Waals surface area contributed by atoms with Gasteiger partial charge in [-0.25, -0.2) is 0 Å². The van der Waals surface area contributed by atoms with Crippen molar-refractivity contribution in [3.05, 3.63) is 65.2 Å². The Hall–Kier alpha value is -2.62. The number of carbonyl (C=O) groups is 2. The molecule has 0 saturated carbocycles. The van der Waals surface area contributed by atoms with Gasteiger partial charge in [0.15, 0.2) is 0 Å². The van der Waals surface area contributed by atoms with E-state index in [0.29, 0.717) is 19.4 Å². The summed E-state index contributed by atoms with van der Waals surface area (Å²) >= 11 is 0. The fourth-order valence-electron chi connectivity index (χ4n) is 3.16. The van der Waals surface area contributed by atoms with Crippen LogP contribution < -0.4 is 4.90 Å². The first-order chi connectivity index (χ1) is 12.0. The maximum absolute atomic E-state index is 12.5. The molecule has 0 radical (unpaired) electrons. The van der Waals surface area contributed by atoms with Crippen LogP contribution in [-0.4, -0.2) is 30.3 Å². The minimum absolute atomic E-state index is 0.0910. The normalized spacial score (nSPS) is 14.0. The third kappa shape index (κ3) is 4.08. The summed E-state index contributed by atoms with van der Waals surface area (Å²) in [6, 6.07) is 15.9. The number of likely N-dealkylation sites (N-methyl/N-ethyl adjacent to an activating group) is 1. The molecule has 1 saturated heterocycles. The van der Waals surface area contributed by atoms with E-state index in [2.05, 4.69) is 19.1 Å². The molecule has 2 aromatic carbocycles. The third-order valence-electron chi connectivity index (χ3n) is 4.77. The van der Waals surface area contributed by atoms with Crippen LogP contribution in [0, 0.1) is 6.92 Å². The molecule has 4 nitrogen and oxygen atoms in total. The monoisotopic (exact) mass is 336 g/mol. The lowest BCUT2D eigenvalue weighted by molar-refractivity contribution is -0.129. The van der Waals surface area contributed by atoms with Gasteiger partial charge >= 0.3 is 0 Å². The summed E-state index contributed by atoms with van der Waals surface area (Å²) in [7, 11) is 1.84. The largest absolute Gasteiger partial charge is 0.341 e. The molecule has 0 unspecified atom stereocenters. The Morgan fingerprint density at radius 3 is 2.48 bits per heavy atom. The lowest BCUT2D eigenvalue weighted by Crippen LogP contribution is -2.28. The van der Waals surface area contributed by atoms with Gasteiger partial charge in [0, 0.05) is 32.2 Å². The zero-order chi connectivity index (χ0) is 17.8. The van der Waals surface area contributed by atoms with Crippen LogP contribution >= 0.6 is 0 Å². The van der Waals surface area contributed by atoms with Crippen LogP contribution in [0.25, 0.3) is 0 Å². The molecule has 1 heterocycles. The second-order valence-electron chi connectivity index (χ2n) is 6.67. The van der Waals surface area contributed by atoms with Gasteiger partial charge in [-0.05, 0) is 42.2 Å². The van der Waals surface area contributed by atoms with Crippen LogP contribution in [0.3, 0.4) is 0 Å². The van der Waals surface area contributed by atoms with E-state index >= 15 is 0 Å². The van der Waals surface area contributed by atoms with E-state index in [9.17, 15) is 9.59 Å². The Bertz CT molecular complexity index is 768. The van der Waals surface area contributed by atoms with Crippen molar-refractivity contribution < 1.29 is 9.59 Å². The van der Waals surface area contributed by atoms with Crippen molar-refractivity contribution in [2.45, 2.75) is 32.7 Å². The predicted molar refractivity (Wildman–Crippen MR) is 99.4 cm³/mol. The summed E-state index contributed by atoms with van der Waals surface area (Å²) in [6.45, 7) is 3.47. The number of anilines is 1. The molecule has 25 heavy (non-hydrogen) atoms. The summed E-state index contributed by atoms with van der Waals surface area (Å²) in [6.07, 6.45) is 1.92. The lowest BCUT2D eigenvalue weighted by atomic mass is 10.1. The number of benzene rings is 2. The summed E-state index contributed by atoms with van der Waals surface area (Å²) in [5.41, 5.74) is 4.26. The standard InChI is InChI=1S/C21H24N2O2/c1-16-6-3-4-7-18(16)15-22(2)21(25)14-17-9-11-19(12-10-17)23-13-5-8-20(23)24/h3-4,6-7,9-12H,5,8,13-15H2,1-2H3. The molecular formula is C21H24N2O2. The van der Waals surface area contributed by atoms with Gasteiger partial charge in [-0.15, -0.1) is 0 Å². The first-order valence-corrected chi connectivity index (χ1v) is 8.72. The fourth-order valence-corrected chi connectivity index (χ4v) is 3.16. The zero-order valence-electron chi connectivity index (χ0n) is 14.9. The zero-order valence-corrected chi connectivity index (χ0v) is 14.9. The van der Waals surface area contributed by atoms with Crippen molar-refractivity contribution in [2.24, 2.45) is 0 Å². The van der Waals surface area contributed by atoms with Crippen molar-refractivity contribution >= 4 is 17.5 Å². The van der Waals surface area contributed by atoms with Crippen LogP contribution in [0.2, 0.25) is 0 Å². The van der Waals surface area contributed by atoms with Gasteiger partial charge in [-0.2, -0.15) is 0 Å². The lowest BCUT2D eigenvalue weighted by Gasteiger charge is -2.19. The van der Waals surface area contributed by atoms with Gasteiger partial charge in [0.2, 0.25) is 11.8 Å². The molecule has 0 aromatic heterocycles. The molecule has 1 aliphatic heterocycles. The molecule has 0 aliphatic carbocycles. The Balaban J connectivity index is 1.60. The molecule has 2 aromatic rings. The number of carbonyl (C=O) groups excluding carboxylic acids is 2. The van der Waals surface area contributed by atoms with Crippen LogP contribution in [-0.2, 0) is 22.6 Å². The second-order valence-corrected chi connectivity index (χ2v) is 6.67. The first-order valence-electron chi connectivity index (χ1n) is 8.72. The van der Waals surface area contributed by atoms with E-state index in [0.717, 1.165) is 24.2 Å². The minimum Gasteiger partial charge on any atom is -0.341 e. The van der Waals surface area contributed by atoms with Crippen molar-refractivity contribution in [2.75, 3.05) is 18.5 Å². The molecule has 0 bridgehead atoms. The number of amides is 2. The molecule has 0 atom stereocenters. The van der Waals surface area contributed by atoms with Crippen molar-refractivity contribution in [3.63, 3.8) is 0 Å². The molecule has 1 fully saturated rings. The molecule has 3 rings (SSSR count). The summed E-state index contributed by atoms with van der Waals surface area (Å²) < 4.78 is 0. The first kappa shape index (κ1) is 17.2. The SMILES string of the molecule is Cc1ccccc1CN(C)C(=O)Cc1ccc(N2CCCC2=O)cc1. The highest BCUT2D eigenvalue weighted by Crippen LogP contribution is 2.22. The van der Waals surface area contributed by atoms with E-state index in [4.69, 9.17) is 0 Å². The van der Waals surface area contributed by atoms with Crippen molar-refractivity contribution in [1.29, 1.82) is 0 Å². The molecule has 130 valence electrons.